The van der Waals surface area contributed by atoms with E-state index in [1.165, 1.54) is 16.8 Å². The molecule has 3 rings (SSSR count). The summed E-state index contributed by atoms with van der Waals surface area (Å²) in [5.74, 6) is 0. The Kier molecular flexibility index (Phi) is 3.50. The third-order valence-electron chi connectivity index (χ3n) is 3.38. The lowest BCUT2D eigenvalue weighted by Crippen LogP contribution is -2.57. The molecule has 0 unspecified atom stereocenters. The summed E-state index contributed by atoms with van der Waals surface area (Å²) in [5.41, 5.74) is 4.10. The fourth-order valence-electron chi connectivity index (χ4n) is 2.74. The Hall–Kier alpha value is -0.930. The smallest absolute Gasteiger partial charge is 0.0722 e. The van der Waals surface area contributed by atoms with Crippen LogP contribution in [0.1, 0.15) is 30.7 Å². The van der Waals surface area contributed by atoms with Crippen molar-refractivity contribution in [1.82, 2.24) is 9.88 Å². The maximum atomic E-state index is 5.38. The van der Waals surface area contributed by atoms with E-state index in [0.717, 1.165) is 26.3 Å². The van der Waals surface area contributed by atoms with Gasteiger partial charge in [-0.25, -0.2) is 0 Å². The minimum atomic E-state index is 0.191. The third-order valence-corrected chi connectivity index (χ3v) is 3.38. The molecule has 1 aromatic rings. The molecule has 0 bridgehead atoms. The van der Waals surface area contributed by atoms with E-state index in [0.29, 0.717) is 0 Å². The molecule has 3 nitrogen and oxygen atoms in total. The van der Waals surface area contributed by atoms with Gasteiger partial charge in [0, 0.05) is 19.3 Å². The van der Waals surface area contributed by atoms with Crippen LogP contribution in [0.25, 0.3) is 0 Å². The molecule has 0 saturated carbocycles. The highest BCUT2D eigenvalue weighted by atomic mass is 16.5. The first-order valence-corrected chi connectivity index (χ1v) is 6.42. The van der Waals surface area contributed by atoms with E-state index in [2.05, 4.69) is 29.9 Å². The molecule has 0 N–H and O–H groups in total. The van der Waals surface area contributed by atoms with Gasteiger partial charge in [-0.2, -0.15) is 0 Å². The number of likely N-dealkylation sites (N-methyl/N-ethyl adjacent to an activating group) is 1. The van der Waals surface area contributed by atoms with Gasteiger partial charge in [-0.3, -0.25) is 4.98 Å². The molecule has 0 amide bonds. The molecule has 1 spiro atoms. The average Bonchev–Trinajstić information content (AvgIpc) is 2.27. The summed E-state index contributed by atoms with van der Waals surface area (Å²) in [7, 11) is 2.17. The van der Waals surface area contributed by atoms with Gasteiger partial charge in [-0.15, -0.1) is 0 Å². The SMILES string of the molecule is CC.Cc1cnc2c(c1)CN(C)CC21COC1. The molecule has 94 valence electrons. The van der Waals surface area contributed by atoms with Gasteiger partial charge in [0.1, 0.15) is 0 Å². The Morgan fingerprint density at radius 3 is 2.65 bits per heavy atom. The standard InChI is InChI=1S/C12H16N2O.C2H6/c1-9-3-10-5-14(2)6-12(7-15-8-12)11(10)13-4-9;1-2/h3-4H,5-8H2,1-2H3;1-2H3. The van der Waals surface area contributed by atoms with Crippen molar-refractivity contribution in [2.75, 3.05) is 26.8 Å². The van der Waals surface area contributed by atoms with Crippen LogP contribution in [0.2, 0.25) is 0 Å². The van der Waals surface area contributed by atoms with Crippen LogP contribution < -0.4 is 0 Å². The fourth-order valence-corrected chi connectivity index (χ4v) is 2.74. The van der Waals surface area contributed by atoms with Crippen molar-refractivity contribution in [3.05, 3.63) is 29.1 Å². The molecule has 3 heterocycles. The summed E-state index contributed by atoms with van der Waals surface area (Å²) in [6.45, 7) is 9.87. The fraction of sp³-hybridized carbons (Fsp3) is 0.643. The largest absolute Gasteiger partial charge is 0.379 e. The number of fused-ring (bicyclic) bond motifs is 2. The molecule has 2 aliphatic rings. The van der Waals surface area contributed by atoms with Crippen molar-refractivity contribution >= 4 is 0 Å². The van der Waals surface area contributed by atoms with Crippen LogP contribution in [0.5, 0.6) is 0 Å². The van der Waals surface area contributed by atoms with Gasteiger partial charge in [0.25, 0.3) is 0 Å². The average molecular weight is 234 g/mol. The molecular weight excluding hydrogens is 212 g/mol. The van der Waals surface area contributed by atoms with Crippen molar-refractivity contribution in [2.45, 2.75) is 32.7 Å². The van der Waals surface area contributed by atoms with Crippen LogP contribution in [0.4, 0.5) is 0 Å². The van der Waals surface area contributed by atoms with Crippen LogP contribution in [-0.4, -0.2) is 36.7 Å². The molecule has 0 aromatic carbocycles. The van der Waals surface area contributed by atoms with E-state index >= 15 is 0 Å². The maximum absolute atomic E-state index is 5.38. The topological polar surface area (TPSA) is 25.4 Å². The van der Waals surface area contributed by atoms with Gasteiger partial charge in [0.15, 0.2) is 0 Å². The Morgan fingerprint density at radius 2 is 2.06 bits per heavy atom. The Bertz CT molecular complexity index is 399. The normalized spacial score (nSPS) is 21.2. The number of rotatable bonds is 0. The molecular formula is C14H22N2O. The van der Waals surface area contributed by atoms with Crippen LogP contribution in [0.3, 0.4) is 0 Å². The molecule has 0 radical (unpaired) electrons. The van der Waals surface area contributed by atoms with E-state index < -0.39 is 0 Å². The van der Waals surface area contributed by atoms with Crippen LogP contribution in [-0.2, 0) is 16.7 Å². The molecule has 0 atom stereocenters. The molecule has 0 aliphatic carbocycles. The van der Waals surface area contributed by atoms with Crippen LogP contribution in [0, 0.1) is 6.92 Å². The number of pyridine rings is 1. The highest BCUT2D eigenvalue weighted by Crippen LogP contribution is 2.37. The second-order valence-corrected chi connectivity index (χ2v) is 4.97. The first kappa shape index (κ1) is 12.5. The Labute approximate surface area is 104 Å². The summed E-state index contributed by atoms with van der Waals surface area (Å²) in [4.78, 5) is 6.99. The highest BCUT2D eigenvalue weighted by Gasteiger charge is 2.46. The lowest BCUT2D eigenvalue weighted by Gasteiger charge is -2.47. The van der Waals surface area contributed by atoms with Gasteiger partial charge in [-0.05, 0) is 25.1 Å². The molecule has 1 fully saturated rings. The number of aromatic nitrogens is 1. The summed E-state index contributed by atoms with van der Waals surface area (Å²) in [6, 6.07) is 2.26. The quantitative estimate of drug-likeness (QED) is 0.687. The number of hydrogen-bond donors (Lipinski definition) is 0. The van der Waals surface area contributed by atoms with Crippen molar-refractivity contribution < 1.29 is 4.74 Å². The number of nitrogens with zero attached hydrogens (tertiary/aromatic N) is 2. The Morgan fingerprint density at radius 1 is 1.35 bits per heavy atom. The van der Waals surface area contributed by atoms with Crippen molar-refractivity contribution in [3.63, 3.8) is 0 Å². The highest BCUT2D eigenvalue weighted by molar-refractivity contribution is 5.35. The summed E-state index contributed by atoms with van der Waals surface area (Å²) < 4.78 is 5.38. The third kappa shape index (κ3) is 2.09. The number of ether oxygens (including phenoxy) is 1. The van der Waals surface area contributed by atoms with Gasteiger partial charge in [0.2, 0.25) is 0 Å². The monoisotopic (exact) mass is 234 g/mol. The van der Waals surface area contributed by atoms with Gasteiger partial charge in [-0.1, -0.05) is 19.9 Å². The van der Waals surface area contributed by atoms with Crippen LogP contribution in [0.15, 0.2) is 12.3 Å². The van der Waals surface area contributed by atoms with E-state index in [1.807, 2.05) is 20.0 Å². The van der Waals surface area contributed by atoms with E-state index in [9.17, 15) is 0 Å². The molecule has 1 saturated heterocycles. The summed E-state index contributed by atoms with van der Waals surface area (Å²) >= 11 is 0. The van der Waals surface area contributed by atoms with Gasteiger partial charge in [0.05, 0.1) is 24.3 Å². The number of aryl methyl sites for hydroxylation is 1. The van der Waals surface area contributed by atoms with Gasteiger partial charge < -0.3 is 9.64 Å². The zero-order valence-corrected chi connectivity index (χ0v) is 11.3. The van der Waals surface area contributed by atoms with Gasteiger partial charge >= 0.3 is 0 Å². The first-order chi connectivity index (χ1) is 8.20. The zero-order chi connectivity index (χ0) is 12.5. The zero-order valence-electron chi connectivity index (χ0n) is 11.3. The van der Waals surface area contributed by atoms with E-state index in [1.54, 1.807) is 0 Å². The van der Waals surface area contributed by atoms with Crippen LogP contribution >= 0.6 is 0 Å². The molecule has 17 heavy (non-hydrogen) atoms. The minimum Gasteiger partial charge on any atom is -0.379 e. The van der Waals surface area contributed by atoms with Crippen molar-refractivity contribution in [2.24, 2.45) is 0 Å². The second kappa shape index (κ2) is 4.75. The van der Waals surface area contributed by atoms with Crippen molar-refractivity contribution in [3.8, 4) is 0 Å². The first-order valence-electron chi connectivity index (χ1n) is 6.42. The lowest BCUT2D eigenvalue weighted by molar-refractivity contribution is -0.0812. The Balaban J connectivity index is 0.000000514. The molecule has 2 aliphatic heterocycles. The molecule has 3 heteroatoms. The minimum absolute atomic E-state index is 0.191. The number of hydrogen-bond acceptors (Lipinski definition) is 3. The second-order valence-electron chi connectivity index (χ2n) is 4.97. The van der Waals surface area contributed by atoms with E-state index in [-0.39, 0.29) is 5.41 Å². The van der Waals surface area contributed by atoms with E-state index in [4.69, 9.17) is 4.74 Å². The maximum Gasteiger partial charge on any atom is 0.0722 e. The predicted octanol–water partition coefficient (Wildman–Crippen LogP) is 2.13. The summed E-state index contributed by atoms with van der Waals surface area (Å²) in [6.07, 6.45) is 1.98. The predicted molar refractivity (Wildman–Crippen MR) is 69.2 cm³/mol. The molecule has 1 aromatic heterocycles. The lowest BCUT2D eigenvalue weighted by atomic mass is 9.77. The summed E-state index contributed by atoms with van der Waals surface area (Å²) in [5, 5.41) is 0. The van der Waals surface area contributed by atoms with Crippen molar-refractivity contribution in [1.29, 1.82) is 0 Å².